The van der Waals surface area contributed by atoms with Crippen molar-refractivity contribution in [2.45, 2.75) is 26.8 Å². The molecule has 0 aromatic heterocycles. The largest absolute Gasteiger partial charge is 0.494 e. The van der Waals surface area contributed by atoms with E-state index in [1.807, 2.05) is 44.2 Å². The van der Waals surface area contributed by atoms with Crippen molar-refractivity contribution in [2.24, 2.45) is 0 Å². The van der Waals surface area contributed by atoms with Crippen molar-refractivity contribution in [3.63, 3.8) is 0 Å². The van der Waals surface area contributed by atoms with Gasteiger partial charge in [-0.15, -0.1) is 0 Å². The maximum absolute atomic E-state index is 13.3. The molecule has 168 valence electrons. The lowest BCUT2D eigenvalue weighted by molar-refractivity contribution is -0.137. The number of benzene rings is 2. The Morgan fingerprint density at radius 2 is 1.53 bits per heavy atom. The van der Waals surface area contributed by atoms with Gasteiger partial charge >= 0.3 is 0 Å². The smallest absolute Gasteiger partial charge is 0.277 e. The minimum Gasteiger partial charge on any atom is -0.494 e. The zero-order valence-electron chi connectivity index (χ0n) is 18.9. The molecule has 2 aliphatic rings. The molecule has 1 saturated heterocycles. The van der Waals surface area contributed by atoms with Crippen LogP contribution in [0, 0.1) is 0 Å². The SMILES string of the molecule is CCCN1C(=O)C(c2ccc(OCC)cc2)=C(N2CCN(Cc3ccccc3)CC2)C1=O. The first-order valence-electron chi connectivity index (χ1n) is 11.5. The monoisotopic (exact) mass is 433 g/mol. The second-order valence-corrected chi connectivity index (χ2v) is 8.19. The Labute approximate surface area is 190 Å². The van der Waals surface area contributed by atoms with Crippen LogP contribution in [0.25, 0.3) is 5.57 Å². The van der Waals surface area contributed by atoms with E-state index in [9.17, 15) is 9.59 Å². The fourth-order valence-electron chi connectivity index (χ4n) is 4.40. The number of amides is 2. The summed E-state index contributed by atoms with van der Waals surface area (Å²) >= 11 is 0. The number of imide groups is 1. The van der Waals surface area contributed by atoms with Gasteiger partial charge in [-0.2, -0.15) is 0 Å². The Bertz CT molecular complexity index is 977. The van der Waals surface area contributed by atoms with E-state index in [1.165, 1.54) is 10.5 Å². The zero-order valence-corrected chi connectivity index (χ0v) is 18.9. The molecule has 0 atom stereocenters. The average molecular weight is 434 g/mol. The van der Waals surface area contributed by atoms with Crippen LogP contribution in [0.15, 0.2) is 60.3 Å². The predicted octanol–water partition coefficient (Wildman–Crippen LogP) is 3.39. The second kappa shape index (κ2) is 10.0. The Balaban J connectivity index is 1.56. The highest BCUT2D eigenvalue weighted by atomic mass is 16.5. The zero-order chi connectivity index (χ0) is 22.5. The number of carbonyl (C=O) groups excluding carboxylic acids is 2. The minimum absolute atomic E-state index is 0.169. The van der Waals surface area contributed by atoms with Gasteiger partial charge in [-0.05, 0) is 36.6 Å². The maximum Gasteiger partial charge on any atom is 0.277 e. The average Bonchev–Trinajstić information content (AvgIpc) is 3.06. The van der Waals surface area contributed by atoms with E-state index >= 15 is 0 Å². The van der Waals surface area contributed by atoms with Gasteiger partial charge in [0.1, 0.15) is 11.4 Å². The van der Waals surface area contributed by atoms with Crippen molar-refractivity contribution in [3.05, 3.63) is 71.4 Å². The molecule has 0 unspecified atom stereocenters. The normalized spacial score (nSPS) is 17.4. The van der Waals surface area contributed by atoms with E-state index < -0.39 is 0 Å². The summed E-state index contributed by atoms with van der Waals surface area (Å²) in [7, 11) is 0. The van der Waals surface area contributed by atoms with E-state index in [0.717, 1.165) is 50.5 Å². The van der Waals surface area contributed by atoms with Crippen LogP contribution in [-0.4, -0.2) is 65.8 Å². The standard InChI is InChI=1S/C26H31N3O3/c1-3-14-29-25(30)23(21-10-12-22(13-11-21)32-4-2)24(26(29)31)28-17-15-27(16-18-28)19-20-8-6-5-7-9-20/h5-13H,3-4,14-19H2,1-2H3. The Kier molecular flexibility index (Phi) is 6.90. The van der Waals surface area contributed by atoms with Crippen LogP contribution in [0.2, 0.25) is 0 Å². The molecule has 0 saturated carbocycles. The first kappa shape index (κ1) is 22.1. The number of rotatable bonds is 8. The summed E-state index contributed by atoms with van der Waals surface area (Å²) in [5.41, 5.74) is 3.12. The maximum atomic E-state index is 13.3. The summed E-state index contributed by atoms with van der Waals surface area (Å²) in [5, 5.41) is 0. The van der Waals surface area contributed by atoms with Gasteiger partial charge in [0, 0.05) is 39.3 Å². The van der Waals surface area contributed by atoms with Crippen molar-refractivity contribution in [3.8, 4) is 5.75 Å². The van der Waals surface area contributed by atoms with E-state index in [0.29, 0.717) is 24.4 Å². The molecular weight excluding hydrogens is 402 g/mol. The molecule has 6 nitrogen and oxygen atoms in total. The number of carbonyl (C=O) groups is 2. The third kappa shape index (κ3) is 4.55. The van der Waals surface area contributed by atoms with Crippen molar-refractivity contribution < 1.29 is 14.3 Å². The van der Waals surface area contributed by atoms with Gasteiger partial charge in [0.25, 0.3) is 11.8 Å². The van der Waals surface area contributed by atoms with Gasteiger partial charge in [-0.25, -0.2) is 0 Å². The molecule has 2 heterocycles. The highest BCUT2D eigenvalue weighted by Crippen LogP contribution is 2.33. The fourth-order valence-corrected chi connectivity index (χ4v) is 4.40. The Hall–Kier alpha value is -3.12. The quantitative estimate of drug-likeness (QED) is 0.598. The van der Waals surface area contributed by atoms with Crippen LogP contribution >= 0.6 is 0 Å². The van der Waals surface area contributed by atoms with Gasteiger partial charge in [-0.1, -0.05) is 49.4 Å². The summed E-state index contributed by atoms with van der Waals surface area (Å²) in [6.07, 6.45) is 0.742. The molecule has 0 bridgehead atoms. The summed E-state index contributed by atoms with van der Waals surface area (Å²) in [6.45, 7) is 9.00. The summed E-state index contributed by atoms with van der Waals surface area (Å²) in [6, 6.07) is 17.9. The van der Waals surface area contributed by atoms with Gasteiger partial charge in [0.05, 0.1) is 12.2 Å². The molecule has 0 spiro atoms. The summed E-state index contributed by atoms with van der Waals surface area (Å²) in [5.74, 6) is 0.398. The van der Waals surface area contributed by atoms with Crippen molar-refractivity contribution in [1.82, 2.24) is 14.7 Å². The van der Waals surface area contributed by atoms with Crippen LogP contribution in [0.4, 0.5) is 0 Å². The number of nitrogens with zero attached hydrogens (tertiary/aromatic N) is 3. The lowest BCUT2D eigenvalue weighted by Gasteiger charge is -2.36. The number of hydrogen-bond acceptors (Lipinski definition) is 5. The van der Waals surface area contributed by atoms with Gasteiger partial charge in [-0.3, -0.25) is 19.4 Å². The summed E-state index contributed by atoms with van der Waals surface area (Å²) in [4.78, 5) is 32.4. The Morgan fingerprint density at radius 3 is 2.16 bits per heavy atom. The third-order valence-corrected chi connectivity index (χ3v) is 5.98. The molecule has 4 rings (SSSR count). The van der Waals surface area contributed by atoms with Crippen molar-refractivity contribution in [2.75, 3.05) is 39.3 Å². The predicted molar refractivity (Wildman–Crippen MR) is 125 cm³/mol. The lowest BCUT2D eigenvalue weighted by Crippen LogP contribution is -2.47. The molecule has 2 amide bonds. The van der Waals surface area contributed by atoms with Crippen LogP contribution < -0.4 is 4.74 Å². The van der Waals surface area contributed by atoms with Crippen LogP contribution in [-0.2, 0) is 16.1 Å². The molecule has 2 aromatic carbocycles. The van der Waals surface area contributed by atoms with E-state index in [4.69, 9.17) is 4.74 Å². The van der Waals surface area contributed by atoms with Crippen LogP contribution in [0.3, 0.4) is 0 Å². The minimum atomic E-state index is -0.192. The molecule has 32 heavy (non-hydrogen) atoms. The highest BCUT2D eigenvalue weighted by Gasteiger charge is 2.41. The molecular formula is C26H31N3O3. The lowest BCUT2D eigenvalue weighted by atomic mass is 10.0. The molecule has 0 radical (unpaired) electrons. The summed E-state index contributed by atoms with van der Waals surface area (Å²) < 4.78 is 5.54. The first-order chi connectivity index (χ1) is 15.6. The number of piperazine rings is 1. The van der Waals surface area contributed by atoms with E-state index in [2.05, 4.69) is 34.1 Å². The Morgan fingerprint density at radius 1 is 0.844 bits per heavy atom. The number of hydrogen-bond donors (Lipinski definition) is 0. The van der Waals surface area contributed by atoms with E-state index in [-0.39, 0.29) is 11.8 Å². The topological polar surface area (TPSA) is 53.1 Å². The van der Waals surface area contributed by atoms with Crippen molar-refractivity contribution in [1.29, 1.82) is 0 Å². The molecule has 0 aliphatic carbocycles. The van der Waals surface area contributed by atoms with Gasteiger partial charge in [0.2, 0.25) is 0 Å². The van der Waals surface area contributed by atoms with Crippen LogP contribution in [0.5, 0.6) is 5.75 Å². The number of ether oxygens (including phenoxy) is 1. The third-order valence-electron chi connectivity index (χ3n) is 5.98. The fraction of sp³-hybridized carbons (Fsp3) is 0.385. The molecule has 2 aliphatic heterocycles. The molecule has 0 N–H and O–H groups in total. The second-order valence-electron chi connectivity index (χ2n) is 8.19. The highest BCUT2D eigenvalue weighted by molar-refractivity contribution is 6.35. The van der Waals surface area contributed by atoms with Gasteiger partial charge < -0.3 is 9.64 Å². The van der Waals surface area contributed by atoms with E-state index in [1.54, 1.807) is 0 Å². The first-order valence-corrected chi connectivity index (χ1v) is 11.5. The van der Waals surface area contributed by atoms with Gasteiger partial charge in [0.15, 0.2) is 0 Å². The molecule has 1 fully saturated rings. The van der Waals surface area contributed by atoms with Crippen LogP contribution in [0.1, 0.15) is 31.4 Å². The molecule has 2 aromatic rings. The van der Waals surface area contributed by atoms with Crippen molar-refractivity contribution >= 4 is 17.4 Å². The molecule has 6 heteroatoms.